The number of ketones is 2. The van der Waals surface area contributed by atoms with Crippen molar-refractivity contribution < 1.29 is 44.7 Å². The summed E-state index contributed by atoms with van der Waals surface area (Å²) in [5.41, 5.74) is 3.44. The van der Waals surface area contributed by atoms with E-state index in [4.69, 9.17) is 10.5 Å². The number of methoxy groups -OCH3 is 1. The Kier molecular flexibility index (Phi) is 7.12. The minimum atomic E-state index is -2.68. The van der Waals surface area contributed by atoms with Gasteiger partial charge in [0.15, 0.2) is 22.9 Å². The quantitative estimate of drug-likeness (QED) is 0.277. The van der Waals surface area contributed by atoms with E-state index in [0.717, 1.165) is 0 Å². The molecule has 0 radical (unpaired) electrons. The van der Waals surface area contributed by atoms with Gasteiger partial charge in [-0.3, -0.25) is 19.3 Å². The van der Waals surface area contributed by atoms with Crippen molar-refractivity contribution >= 4 is 29.3 Å². The normalized spacial score (nSPS) is 25.5. The summed E-state index contributed by atoms with van der Waals surface area (Å²) in [4.78, 5) is 40.7. The maximum Gasteiger partial charge on any atom is 0.255 e. The lowest BCUT2D eigenvalue weighted by Crippen LogP contribution is -2.65. The van der Waals surface area contributed by atoms with Crippen LogP contribution in [0.15, 0.2) is 53.3 Å². The van der Waals surface area contributed by atoms with Gasteiger partial charge in [0, 0.05) is 17.1 Å². The summed E-state index contributed by atoms with van der Waals surface area (Å²) in [5.74, 6) is -6.58. The second kappa shape index (κ2) is 10.3. The number of phenolic OH excluding ortho intramolecular Hbond substituents is 2. The standard InChI is InChI=1S/C31H32N2O9/c1-33(2)24-18-13-16-12-17-14(6-4-7-15-8-5-9-20(42-3)25(15)35)10-11-19(34)22(17)26(36)21(16)28(38)31(18,41)29(39)23(27(24)37)30(32)40/h4-6,8-11,16,18,24,34-36,39,41H,7,12-13H2,1-3H3,(H2,32,40)/b6-4-/t16-,18-,24-,31-/m1/s1. The Morgan fingerprint density at radius 1 is 1.14 bits per heavy atom. The number of likely N-dealkylation sites (N-methyl/N-ethyl adjacent to an activating group) is 1. The van der Waals surface area contributed by atoms with Crippen molar-refractivity contribution in [2.75, 3.05) is 21.2 Å². The molecule has 11 nitrogen and oxygen atoms in total. The molecule has 1 fully saturated rings. The van der Waals surface area contributed by atoms with E-state index in [2.05, 4.69) is 0 Å². The van der Waals surface area contributed by atoms with Crippen molar-refractivity contribution in [1.29, 1.82) is 0 Å². The Labute approximate surface area is 241 Å². The van der Waals surface area contributed by atoms with Crippen molar-refractivity contribution in [3.05, 3.63) is 75.6 Å². The van der Waals surface area contributed by atoms with E-state index in [-0.39, 0.29) is 35.5 Å². The number of para-hydroxylation sites is 1. The number of allylic oxidation sites excluding steroid dienone is 1. The molecule has 0 bridgehead atoms. The average molecular weight is 577 g/mol. The van der Waals surface area contributed by atoms with Gasteiger partial charge in [0.05, 0.1) is 18.7 Å². The van der Waals surface area contributed by atoms with Crippen LogP contribution < -0.4 is 10.5 Å². The van der Waals surface area contributed by atoms with Crippen LogP contribution in [-0.4, -0.2) is 80.8 Å². The highest BCUT2D eigenvalue weighted by atomic mass is 16.5. The summed E-state index contributed by atoms with van der Waals surface area (Å²) >= 11 is 0. The molecule has 1 amide bonds. The molecule has 220 valence electrons. The number of hydrogen-bond acceptors (Lipinski definition) is 10. The zero-order valence-electron chi connectivity index (χ0n) is 23.3. The Hall–Kier alpha value is -4.61. The maximum atomic E-state index is 13.9. The Morgan fingerprint density at radius 2 is 1.86 bits per heavy atom. The number of carbonyl (C=O) groups excluding carboxylic acids is 3. The number of amides is 1. The molecule has 11 heteroatoms. The van der Waals surface area contributed by atoms with Crippen LogP contribution in [0.5, 0.6) is 17.2 Å². The van der Waals surface area contributed by atoms with Gasteiger partial charge in [-0.05, 0) is 62.5 Å². The van der Waals surface area contributed by atoms with Crippen LogP contribution in [0.3, 0.4) is 0 Å². The van der Waals surface area contributed by atoms with Gasteiger partial charge in [0.2, 0.25) is 5.78 Å². The van der Waals surface area contributed by atoms with E-state index in [1.54, 1.807) is 50.5 Å². The number of nitrogens with two attached hydrogens (primary N) is 1. The molecular weight excluding hydrogens is 544 g/mol. The van der Waals surface area contributed by atoms with E-state index in [1.165, 1.54) is 18.1 Å². The van der Waals surface area contributed by atoms with Gasteiger partial charge in [-0.1, -0.05) is 30.4 Å². The van der Waals surface area contributed by atoms with Crippen molar-refractivity contribution in [2.45, 2.75) is 30.9 Å². The van der Waals surface area contributed by atoms with Gasteiger partial charge in [0.1, 0.15) is 22.8 Å². The van der Waals surface area contributed by atoms with Crippen molar-refractivity contribution in [3.63, 3.8) is 0 Å². The first-order valence-electron chi connectivity index (χ1n) is 13.4. The largest absolute Gasteiger partial charge is 0.508 e. The molecule has 0 saturated heterocycles. The molecule has 3 aliphatic rings. The first kappa shape index (κ1) is 28.9. The molecule has 0 heterocycles. The molecule has 7 N–H and O–H groups in total. The summed E-state index contributed by atoms with van der Waals surface area (Å²) in [6.45, 7) is 0. The monoisotopic (exact) mass is 576 g/mol. The molecule has 0 aliphatic heterocycles. The second-order valence-electron chi connectivity index (χ2n) is 11.1. The number of aromatic hydroxyl groups is 2. The molecule has 1 saturated carbocycles. The highest BCUT2D eigenvalue weighted by Gasteiger charge is 2.64. The highest BCUT2D eigenvalue weighted by Crippen LogP contribution is 2.53. The summed E-state index contributed by atoms with van der Waals surface area (Å²) in [5, 5.41) is 55.1. The van der Waals surface area contributed by atoms with E-state index >= 15 is 0 Å². The van der Waals surface area contributed by atoms with Crippen molar-refractivity contribution in [1.82, 2.24) is 4.90 Å². The topological polar surface area (TPSA) is 191 Å². The average Bonchev–Trinajstić information content (AvgIpc) is 2.92. The lowest BCUT2D eigenvalue weighted by atomic mass is 9.57. The minimum Gasteiger partial charge on any atom is -0.508 e. The van der Waals surface area contributed by atoms with Gasteiger partial charge < -0.3 is 36.0 Å². The summed E-state index contributed by atoms with van der Waals surface area (Å²) in [6, 6.07) is 7.03. The first-order valence-corrected chi connectivity index (χ1v) is 13.4. The smallest absolute Gasteiger partial charge is 0.255 e. The van der Waals surface area contributed by atoms with Crippen LogP contribution >= 0.6 is 0 Å². The number of carbonyl (C=O) groups is 3. The summed E-state index contributed by atoms with van der Waals surface area (Å²) < 4.78 is 5.16. The third-order valence-electron chi connectivity index (χ3n) is 8.58. The number of phenols is 2. The molecule has 3 aliphatic carbocycles. The number of Topliss-reactive ketones (excluding diaryl/α,β-unsaturated/α-hetero) is 2. The lowest BCUT2D eigenvalue weighted by molar-refractivity contribution is -0.153. The molecule has 0 spiro atoms. The number of hydrogen-bond donors (Lipinski definition) is 6. The Bertz CT molecular complexity index is 1620. The summed E-state index contributed by atoms with van der Waals surface area (Å²) in [6.07, 6.45) is 4.10. The molecule has 2 aromatic carbocycles. The number of nitrogens with zero attached hydrogens (tertiary/aromatic N) is 1. The zero-order valence-corrected chi connectivity index (χ0v) is 23.3. The minimum absolute atomic E-state index is 0.00224. The molecule has 5 rings (SSSR count). The molecule has 42 heavy (non-hydrogen) atoms. The van der Waals surface area contributed by atoms with Gasteiger partial charge in [0.25, 0.3) is 5.91 Å². The van der Waals surface area contributed by atoms with Crippen molar-refractivity contribution in [2.24, 2.45) is 17.6 Å². The number of aliphatic hydroxyl groups is 3. The molecule has 4 atom stereocenters. The number of ether oxygens (including phenoxy) is 1. The van der Waals surface area contributed by atoms with Crippen LogP contribution in [0, 0.1) is 11.8 Å². The van der Waals surface area contributed by atoms with Gasteiger partial charge in [-0.25, -0.2) is 0 Å². The van der Waals surface area contributed by atoms with Crippen LogP contribution in [0.4, 0.5) is 0 Å². The van der Waals surface area contributed by atoms with Crippen LogP contribution in [-0.2, 0) is 27.2 Å². The van der Waals surface area contributed by atoms with E-state index < -0.39 is 58.0 Å². The first-order chi connectivity index (χ1) is 19.8. The fourth-order valence-corrected chi connectivity index (χ4v) is 6.63. The third kappa shape index (κ3) is 4.15. The predicted octanol–water partition coefficient (Wildman–Crippen LogP) is 1.93. The summed E-state index contributed by atoms with van der Waals surface area (Å²) in [7, 11) is 4.56. The fourth-order valence-electron chi connectivity index (χ4n) is 6.63. The van der Waals surface area contributed by atoms with E-state index in [0.29, 0.717) is 28.9 Å². The van der Waals surface area contributed by atoms with Crippen LogP contribution in [0.1, 0.15) is 28.7 Å². The molecular formula is C31H32N2O9. The fraction of sp³-hybridized carbons (Fsp3) is 0.323. The molecule has 0 aromatic heterocycles. The number of primary amides is 1. The Morgan fingerprint density at radius 3 is 2.50 bits per heavy atom. The second-order valence-corrected chi connectivity index (χ2v) is 11.1. The van der Waals surface area contributed by atoms with Gasteiger partial charge in [-0.2, -0.15) is 0 Å². The van der Waals surface area contributed by atoms with Gasteiger partial charge in [-0.15, -0.1) is 0 Å². The zero-order chi connectivity index (χ0) is 30.7. The predicted molar refractivity (Wildman–Crippen MR) is 152 cm³/mol. The molecule has 2 aromatic rings. The third-order valence-corrected chi connectivity index (χ3v) is 8.58. The number of benzene rings is 2. The Balaban J connectivity index is 1.59. The maximum absolute atomic E-state index is 13.9. The number of fused-ring (bicyclic) bond motifs is 3. The van der Waals surface area contributed by atoms with E-state index in [9.17, 15) is 39.9 Å². The van der Waals surface area contributed by atoms with Crippen molar-refractivity contribution in [3.8, 4) is 17.2 Å². The SMILES string of the molecule is COc1cccc(C/C=C\c2ccc(O)c3c2C[C@@H]2C[C@@H]4[C@@H](N(C)C)C(=O)C(C(N)=O)=C(O)[C@]4(O)C(=O)C2=C3O)c1O. The number of aliphatic hydroxyl groups excluding tert-OH is 2. The highest BCUT2D eigenvalue weighted by molar-refractivity contribution is 6.24. The van der Waals surface area contributed by atoms with Crippen LogP contribution in [0.2, 0.25) is 0 Å². The lowest BCUT2D eigenvalue weighted by Gasteiger charge is -2.50. The van der Waals surface area contributed by atoms with E-state index in [1.807, 2.05) is 0 Å². The molecule has 0 unspecified atom stereocenters. The van der Waals surface area contributed by atoms with Crippen LogP contribution in [0.25, 0.3) is 11.8 Å². The number of rotatable bonds is 6. The van der Waals surface area contributed by atoms with Gasteiger partial charge >= 0.3 is 0 Å².